The van der Waals surface area contributed by atoms with Gasteiger partial charge >= 0.3 is 0 Å². The quantitative estimate of drug-likeness (QED) is 0.736. The Morgan fingerprint density at radius 3 is 2.85 bits per heavy atom. The number of hydrogen-bond donors (Lipinski definition) is 0. The van der Waals surface area contributed by atoms with E-state index in [9.17, 15) is 4.39 Å². The molecule has 0 aromatic carbocycles. The highest BCUT2D eigenvalue weighted by Crippen LogP contribution is 2.28. The van der Waals surface area contributed by atoms with Crippen LogP contribution >= 0.6 is 11.3 Å². The van der Waals surface area contributed by atoms with Gasteiger partial charge < -0.3 is 4.74 Å². The second-order valence-corrected chi connectivity index (χ2v) is 4.33. The second kappa shape index (κ2) is 3.57. The van der Waals surface area contributed by atoms with Gasteiger partial charge in [0.25, 0.3) is 5.19 Å². The first-order valence-electron chi connectivity index (χ1n) is 4.36. The molecule has 2 atom stereocenters. The van der Waals surface area contributed by atoms with Gasteiger partial charge in [-0.1, -0.05) is 11.3 Å². The van der Waals surface area contributed by atoms with Crippen molar-refractivity contribution >= 4 is 11.3 Å². The van der Waals surface area contributed by atoms with Crippen molar-refractivity contribution in [3.8, 4) is 5.19 Å². The molecule has 1 heterocycles. The largest absolute Gasteiger partial charge is 0.463 e. The molecule has 1 fully saturated rings. The van der Waals surface area contributed by atoms with Gasteiger partial charge in [-0.25, -0.2) is 4.39 Å². The van der Waals surface area contributed by atoms with E-state index in [1.807, 2.05) is 6.92 Å². The minimum absolute atomic E-state index is 0.299. The van der Waals surface area contributed by atoms with Crippen molar-refractivity contribution in [2.45, 2.75) is 38.5 Å². The monoisotopic (exact) mass is 202 g/mol. The minimum atomic E-state index is -0.829. The Hall–Kier alpha value is -0.710. The third kappa shape index (κ3) is 1.96. The molecule has 0 aliphatic heterocycles. The molecule has 1 aliphatic rings. The smallest absolute Gasteiger partial charge is 0.294 e. The van der Waals surface area contributed by atoms with Crippen LogP contribution in [0.3, 0.4) is 0 Å². The molecule has 0 unspecified atom stereocenters. The molecule has 1 aliphatic carbocycles. The summed E-state index contributed by atoms with van der Waals surface area (Å²) in [6, 6.07) is 0. The molecule has 0 bridgehead atoms. The standard InChI is InChI=1S/C8H11FN2OS/c1-5-10-11-8(13-5)12-7-4-2-3-6(7)9/h6-7H,2-4H2,1H3/t6-,7-/m1/s1. The first-order chi connectivity index (χ1) is 6.25. The van der Waals surface area contributed by atoms with E-state index in [1.165, 1.54) is 11.3 Å². The number of ether oxygens (including phenoxy) is 1. The van der Waals surface area contributed by atoms with Crippen molar-refractivity contribution in [3.63, 3.8) is 0 Å². The molecule has 5 heteroatoms. The zero-order chi connectivity index (χ0) is 9.26. The highest BCUT2D eigenvalue weighted by molar-refractivity contribution is 7.12. The Labute approximate surface area is 79.9 Å². The Morgan fingerprint density at radius 1 is 1.46 bits per heavy atom. The lowest BCUT2D eigenvalue weighted by Crippen LogP contribution is -2.22. The van der Waals surface area contributed by atoms with E-state index in [0.29, 0.717) is 11.6 Å². The number of aryl methyl sites for hydroxylation is 1. The Kier molecular flexibility index (Phi) is 2.44. The van der Waals surface area contributed by atoms with Crippen LogP contribution in [0.25, 0.3) is 0 Å². The lowest BCUT2D eigenvalue weighted by atomic mass is 10.3. The molecule has 1 aromatic heterocycles. The number of alkyl halides is 1. The fourth-order valence-corrected chi connectivity index (χ4v) is 2.06. The predicted molar refractivity (Wildman–Crippen MR) is 47.8 cm³/mol. The van der Waals surface area contributed by atoms with Gasteiger partial charge in [-0.3, -0.25) is 0 Å². The molecule has 2 rings (SSSR count). The average Bonchev–Trinajstić information content (AvgIpc) is 2.64. The van der Waals surface area contributed by atoms with Gasteiger partial charge in [-0.05, 0) is 26.2 Å². The predicted octanol–water partition coefficient (Wildman–Crippen LogP) is 2.12. The van der Waals surface area contributed by atoms with Gasteiger partial charge in [0.15, 0.2) is 0 Å². The van der Waals surface area contributed by atoms with Gasteiger partial charge in [-0.15, -0.1) is 10.2 Å². The van der Waals surface area contributed by atoms with E-state index in [2.05, 4.69) is 10.2 Å². The van der Waals surface area contributed by atoms with Crippen LogP contribution in [0.5, 0.6) is 5.19 Å². The fourth-order valence-electron chi connectivity index (χ4n) is 1.47. The maximum absolute atomic E-state index is 13.1. The van der Waals surface area contributed by atoms with E-state index in [4.69, 9.17) is 4.74 Å². The zero-order valence-corrected chi connectivity index (χ0v) is 8.18. The molecule has 0 saturated heterocycles. The van der Waals surface area contributed by atoms with Crippen LogP contribution in [0.15, 0.2) is 0 Å². The molecule has 0 spiro atoms. The Morgan fingerprint density at radius 2 is 2.31 bits per heavy atom. The number of halogens is 1. The lowest BCUT2D eigenvalue weighted by Gasteiger charge is -2.11. The summed E-state index contributed by atoms with van der Waals surface area (Å²) in [4.78, 5) is 0. The van der Waals surface area contributed by atoms with Crippen molar-refractivity contribution in [2.75, 3.05) is 0 Å². The molecule has 1 saturated carbocycles. The zero-order valence-electron chi connectivity index (χ0n) is 7.36. The molecule has 0 N–H and O–H groups in total. The molecule has 3 nitrogen and oxygen atoms in total. The molecule has 13 heavy (non-hydrogen) atoms. The molecular formula is C8H11FN2OS. The first-order valence-corrected chi connectivity index (χ1v) is 5.18. The van der Waals surface area contributed by atoms with Crippen LogP contribution < -0.4 is 4.74 Å². The Balaban J connectivity index is 1.97. The molecule has 72 valence electrons. The van der Waals surface area contributed by atoms with Crippen LogP contribution in [0, 0.1) is 6.92 Å². The summed E-state index contributed by atoms with van der Waals surface area (Å²) in [5, 5.41) is 8.94. The lowest BCUT2D eigenvalue weighted by molar-refractivity contribution is 0.124. The third-order valence-electron chi connectivity index (χ3n) is 2.13. The Bertz CT molecular complexity index is 291. The SMILES string of the molecule is Cc1nnc(O[C@@H]2CCC[C@H]2F)s1. The first kappa shape index (κ1) is 8.87. The summed E-state index contributed by atoms with van der Waals surface area (Å²) in [5.41, 5.74) is 0. The van der Waals surface area contributed by atoms with E-state index in [-0.39, 0.29) is 6.10 Å². The van der Waals surface area contributed by atoms with E-state index < -0.39 is 6.17 Å². The van der Waals surface area contributed by atoms with Crippen LogP contribution in [-0.4, -0.2) is 22.5 Å². The highest BCUT2D eigenvalue weighted by Gasteiger charge is 2.29. The average molecular weight is 202 g/mol. The van der Waals surface area contributed by atoms with Gasteiger partial charge in [0.1, 0.15) is 17.3 Å². The van der Waals surface area contributed by atoms with E-state index in [0.717, 1.165) is 17.8 Å². The summed E-state index contributed by atoms with van der Waals surface area (Å²) in [6.45, 7) is 1.85. The maximum atomic E-state index is 13.1. The van der Waals surface area contributed by atoms with Crippen molar-refractivity contribution in [1.29, 1.82) is 0 Å². The summed E-state index contributed by atoms with van der Waals surface area (Å²) in [6.07, 6.45) is 1.18. The topological polar surface area (TPSA) is 35.0 Å². The van der Waals surface area contributed by atoms with Gasteiger partial charge in [0, 0.05) is 0 Å². The van der Waals surface area contributed by atoms with Gasteiger partial charge in [-0.2, -0.15) is 0 Å². The summed E-state index contributed by atoms with van der Waals surface area (Å²) < 4.78 is 18.5. The summed E-state index contributed by atoms with van der Waals surface area (Å²) >= 11 is 1.37. The second-order valence-electron chi connectivity index (χ2n) is 3.19. The van der Waals surface area contributed by atoms with Crippen molar-refractivity contribution in [3.05, 3.63) is 5.01 Å². The van der Waals surface area contributed by atoms with Gasteiger partial charge in [0.2, 0.25) is 0 Å². The number of rotatable bonds is 2. The van der Waals surface area contributed by atoms with Crippen molar-refractivity contribution in [1.82, 2.24) is 10.2 Å². The summed E-state index contributed by atoms with van der Waals surface area (Å²) in [7, 11) is 0. The van der Waals surface area contributed by atoms with Crippen LogP contribution in [0.4, 0.5) is 4.39 Å². The highest BCUT2D eigenvalue weighted by atomic mass is 32.1. The number of aromatic nitrogens is 2. The minimum Gasteiger partial charge on any atom is -0.463 e. The van der Waals surface area contributed by atoms with E-state index in [1.54, 1.807) is 0 Å². The van der Waals surface area contributed by atoms with Crippen LogP contribution in [0.1, 0.15) is 24.3 Å². The molecule has 1 aromatic rings. The van der Waals surface area contributed by atoms with E-state index >= 15 is 0 Å². The summed E-state index contributed by atoms with van der Waals surface area (Å²) in [5.74, 6) is 0. The maximum Gasteiger partial charge on any atom is 0.294 e. The van der Waals surface area contributed by atoms with Crippen LogP contribution in [0.2, 0.25) is 0 Å². The fraction of sp³-hybridized carbons (Fsp3) is 0.750. The molecular weight excluding hydrogens is 191 g/mol. The van der Waals surface area contributed by atoms with Crippen LogP contribution in [-0.2, 0) is 0 Å². The molecule has 0 radical (unpaired) electrons. The number of nitrogens with zero attached hydrogens (tertiary/aromatic N) is 2. The normalized spacial score (nSPS) is 27.8. The van der Waals surface area contributed by atoms with Gasteiger partial charge in [0.05, 0.1) is 0 Å². The van der Waals surface area contributed by atoms with Crippen molar-refractivity contribution in [2.24, 2.45) is 0 Å². The number of hydrogen-bond acceptors (Lipinski definition) is 4. The third-order valence-corrected chi connectivity index (χ3v) is 2.86. The molecule has 0 amide bonds. The van der Waals surface area contributed by atoms with Crippen molar-refractivity contribution < 1.29 is 9.13 Å².